The van der Waals surface area contributed by atoms with Crippen LogP contribution in [-0.4, -0.2) is 48.0 Å². The van der Waals surface area contributed by atoms with Crippen molar-refractivity contribution in [3.63, 3.8) is 0 Å². The van der Waals surface area contributed by atoms with Crippen LogP contribution >= 0.6 is 0 Å². The Morgan fingerprint density at radius 2 is 1.74 bits per heavy atom. The number of rotatable bonds is 6. The number of methoxy groups -OCH3 is 3. The van der Waals surface area contributed by atoms with Crippen molar-refractivity contribution in [2.24, 2.45) is 0 Å². The van der Waals surface area contributed by atoms with Crippen LogP contribution in [0.5, 0.6) is 11.8 Å². The van der Waals surface area contributed by atoms with Crippen molar-refractivity contribution in [3.8, 4) is 23.1 Å². The molecule has 0 fully saturated rings. The molecule has 3 heterocycles. The molecule has 3 aromatic rings. The number of carbonyl (C=O) groups is 2. The lowest BCUT2D eigenvalue weighted by atomic mass is 10.0. The molecule has 0 radical (unpaired) electrons. The third-order valence-electron chi connectivity index (χ3n) is 3.64. The van der Waals surface area contributed by atoms with Crippen LogP contribution in [-0.2, 0) is 4.74 Å². The molecule has 27 heavy (non-hydrogen) atoms. The Bertz CT molecular complexity index is 963. The van der Waals surface area contributed by atoms with Crippen LogP contribution in [0.15, 0.2) is 41.1 Å². The molecule has 0 N–H and O–H groups in total. The van der Waals surface area contributed by atoms with Gasteiger partial charge in [0.15, 0.2) is 0 Å². The van der Waals surface area contributed by atoms with Crippen molar-refractivity contribution < 1.29 is 28.2 Å². The molecular weight excluding hydrogens is 354 g/mol. The number of furan rings is 1. The molecule has 0 aliphatic carbocycles. The van der Waals surface area contributed by atoms with E-state index in [0.717, 1.165) is 0 Å². The molecule has 3 rings (SSSR count). The first kappa shape index (κ1) is 18.1. The number of aromatic nitrogens is 3. The van der Waals surface area contributed by atoms with Gasteiger partial charge in [-0.05, 0) is 18.2 Å². The fourth-order valence-corrected chi connectivity index (χ4v) is 2.40. The van der Waals surface area contributed by atoms with E-state index in [9.17, 15) is 9.59 Å². The summed E-state index contributed by atoms with van der Waals surface area (Å²) in [5.74, 6) is -1.02. The van der Waals surface area contributed by atoms with Crippen LogP contribution < -0.4 is 9.47 Å². The highest BCUT2D eigenvalue weighted by atomic mass is 16.5. The standard InChI is InChI=1S/C18H15N3O6/c1-24-12-9-13(25-2)21-17(20-12)16(22)15-14(18(23)26-3)10(6-7-19-15)11-5-4-8-27-11/h4-9H,1-3H3. The van der Waals surface area contributed by atoms with Gasteiger partial charge in [0.2, 0.25) is 23.4 Å². The quantitative estimate of drug-likeness (QED) is 0.476. The summed E-state index contributed by atoms with van der Waals surface area (Å²) in [6.07, 6.45) is 2.84. The summed E-state index contributed by atoms with van der Waals surface area (Å²) in [6.45, 7) is 0. The van der Waals surface area contributed by atoms with Crippen molar-refractivity contribution in [1.29, 1.82) is 0 Å². The van der Waals surface area contributed by atoms with E-state index in [1.165, 1.54) is 39.9 Å². The molecule has 3 aromatic heterocycles. The maximum atomic E-state index is 13.0. The van der Waals surface area contributed by atoms with E-state index in [4.69, 9.17) is 18.6 Å². The minimum Gasteiger partial charge on any atom is -0.481 e. The number of esters is 1. The molecule has 0 aliphatic rings. The molecule has 9 heteroatoms. The van der Waals surface area contributed by atoms with Crippen molar-refractivity contribution in [2.75, 3.05) is 21.3 Å². The Kier molecular flexibility index (Phi) is 5.11. The number of pyridine rings is 1. The Labute approximate surface area is 153 Å². The van der Waals surface area contributed by atoms with E-state index in [0.29, 0.717) is 11.3 Å². The number of nitrogens with zero attached hydrogens (tertiary/aromatic N) is 3. The summed E-state index contributed by atoms with van der Waals surface area (Å²) in [5.41, 5.74) is 0.136. The van der Waals surface area contributed by atoms with Crippen LogP contribution in [0.25, 0.3) is 11.3 Å². The van der Waals surface area contributed by atoms with Gasteiger partial charge in [-0.25, -0.2) is 4.79 Å². The first-order valence-corrected chi connectivity index (χ1v) is 7.72. The number of ether oxygens (including phenoxy) is 3. The van der Waals surface area contributed by atoms with Crippen LogP contribution in [0.1, 0.15) is 26.7 Å². The summed E-state index contributed by atoms with van der Waals surface area (Å²) >= 11 is 0. The van der Waals surface area contributed by atoms with Crippen LogP contribution in [0, 0.1) is 0 Å². The number of hydrogen-bond donors (Lipinski definition) is 0. The zero-order valence-electron chi connectivity index (χ0n) is 14.8. The van der Waals surface area contributed by atoms with Gasteiger partial charge in [0.1, 0.15) is 17.0 Å². The second-order valence-corrected chi connectivity index (χ2v) is 5.16. The van der Waals surface area contributed by atoms with Crippen molar-refractivity contribution >= 4 is 11.8 Å². The number of carbonyl (C=O) groups excluding carboxylic acids is 2. The fraction of sp³-hybridized carbons (Fsp3) is 0.167. The minimum absolute atomic E-state index is 0.0506. The van der Waals surface area contributed by atoms with Crippen molar-refractivity contribution in [3.05, 3.63) is 53.8 Å². The SMILES string of the molecule is COC(=O)c1c(-c2ccco2)ccnc1C(=O)c1nc(OC)cc(OC)n1. The van der Waals surface area contributed by atoms with Crippen LogP contribution in [0.2, 0.25) is 0 Å². The van der Waals surface area contributed by atoms with Gasteiger partial charge in [0, 0.05) is 11.8 Å². The molecule has 0 amide bonds. The molecule has 9 nitrogen and oxygen atoms in total. The monoisotopic (exact) mass is 369 g/mol. The lowest BCUT2D eigenvalue weighted by Gasteiger charge is -2.10. The topological polar surface area (TPSA) is 114 Å². The maximum Gasteiger partial charge on any atom is 0.340 e. The normalized spacial score (nSPS) is 10.3. The summed E-state index contributed by atoms with van der Waals surface area (Å²) < 4.78 is 20.3. The average molecular weight is 369 g/mol. The number of ketones is 1. The average Bonchev–Trinajstić information content (AvgIpc) is 3.26. The minimum atomic E-state index is -0.743. The lowest BCUT2D eigenvalue weighted by Crippen LogP contribution is -2.17. The van der Waals surface area contributed by atoms with E-state index >= 15 is 0 Å². The van der Waals surface area contributed by atoms with Crippen LogP contribution in [0.3, 0.4) is 0 Å². The maximum absolute atomic E-state index is 13.0. The molecule has 0 unspecified atom stereocenters. The second-order valence-electron chi connectivity index (χ2n) is 5.16. The highest BCUT2D eigenvalue weighted by Crippen LogP contribution is 2.28. The predicted octanol–water partition coefficient (Wildman–Crippen LogP) is 2.17. The third kappa shape index (κ3) is 3.47. The molecule has 0 bridgehead atoms. The van der Waals surface area contributed by atoms with Gasteiger partial charge in [0.25, 0.3) is 0 Å². The van der Waals surface area contributed by atoms with Gasteiger partial charge in [0.05, 0.1) is 33.7 Å². The van der Waals surface area contributed by atoms with Gasteiger partial charge < -0.3 is 18.6 Å². The Balaban J connectivity index is 2.18. The Hall–Kier alpha value is -3.75. The van der Waals surface area contributed by atoms with Gasteiger partial charge in [-0.2, -0.15) is 9.97 Å². The molecule has 0 aromatic carbocycles. The number of hydrogen-bond acceptors (Lipinski definition) is 9. The predicted molar refractivity (Wildman–Crippen MR) is 91.8 cm³/mol. The van der Waals surface area contributed by atoms with E-state index in [1.807, 2.05) is 0 Å². The lowest BCUT2D eigenvalue weighted by molar-refractivity contribution is 0.0597. The van der Waals surface area contributed by atoms with Crippen LogP contribution in [0.4, 0.5) is 0 Å². The second kappa shape index (κ2) is 7.65. The zero-order chi connectivity index (χ0) is 19.4. The van der Waals surface area contributed by atoms with E-state index in [2.05, 4.69) is 15.0 Å². The highest BCUT2D eigenvalue weighted by molar-refractivity contribution is 6.13. The molecule has 0 saturated heterocycles. The molecule has 138 valence electrons. The van der Waals surface area contributed by atoms with Crippen molar-refractivity contribution in [1.82, 2.24) is 15.0 Å². The largest absolute Gasteiger partial charge is 0.481 e. The van der Waals surface area contributed by atoms with Gasteiger partial charge in [-0.3, -0.25) is 9.78 Å². The van der Waals surface area contributed by atoms with Gasteiger partial charge in [-0.1, -0.05) is 0 Å². The summed E-state index contributed by atoms with van der Waals surface area (Å²) in [6, 6.07) is 6.29. The van der Waals surface area contributed by atoms with E-state index < -0.39 is 11.8 Å². The van der Waals surface area contributed by atoms with E-state index in [-0.39, 0.29) is 28.8 Å². The Morgan fingerprint density at radius 1 is 1.04 bits per heavy atom. The first-order chi connectivity index (χ1) is 13.1. The molecule has 0 saturated carbocycles. The fourth-order valence-electron chi connectivity index (χ4n) is 2.40. The summed E-state index contributed by atoms with van der Waals surface area (Å²) in [5, 5.41) is 0. The molecule has 0 aliphatic heterocycles. The van der Waals surface area contributed by atoms with Gasteiger partial charge in [-0.15, -0.1) is 0 Å². The van der Waals surface area contributed by atoms with E-state index in [1.54, 1.807) is 18.2 Å². The highest BCUT2D eigenvalue weighted by Gasteiger charge is 2.28. The Morgan fingerprint density at radius 3 is 2.30 bits per heavy atom. The molecule has 0 atom stereocenters. The van der Waals surface area contributed by atoms with Gasteiger partial charge >= 0.3 is 5.97 Å². The summed E-state index contributed by atoms with van der Waals surface area (Å²) in [7, 11) is 4.00. The molecular formula is C18H15N3O6. The zero-order valence-corrected chi connectivity index (χ0v) is 14.8. The summed E-state index contributed by atoms with van der Waals surface area (Å²) in [4.78, 5) is 37.5. The third-order valence-corrected chi connectivity index (χ3v) is 3.64. The molecule has 0 spiro atoms. The van der Waals surface area contributed by atoms with Crippen molar-refractivity contribution in [2.45, 2.75) is 0 Å². The smallest absolute Gasteiger partial charge is 0.340 e. The first-order valence-electron chi connectivity index (χ1n) is 7.72.